The Hall–Kier alpha value is -1.30. The van der Waals surface area contributed by atoms with E-state index in [0.29, 0.717) is 26.3 Å². The fourth-order valence-electron chi connectivity index (χ4n) is 1.73. The lowest BCUT2D eigenvalue weighted by atomic mass is 10.2. The minimum Gasteiger partial charge on any atom is -0.493 e. The number of hydrogen-bond donors (Lipinski definition) is 2. The summed E-state index contributed by atoms with van der Waals surface area (Å²) < 4.78 is 15.6. The first kappa shape index (κ1) is 15.8. The lowest BCUT2D eigenvalue weighted by Gasteiger charge is -2.13. The number of ether oxygens (including phenoxy) is 3. The first-order chi connectivity index (χ1) is 9.21. The molecule has 0 aliphatic heterocycles. The zero-order valence-corrected chi connectivity index (χ0v) is 11.8. The maximum atomic E-state index is 9.51. The highest BCUT2D eigenvalue weighted by Gasteiger charge is 2.06. The molecule has 0 heterocycles. The number of aliphatic hydroxyl groups is 1. The van der Waals surface area contributed by atoms with Gasteiger partial charge in [0.05, 0.1) is 26.4 Å². The standard InChI is InChI=1S/C14H23NO4/c1-4-19-13-6-5-11(7-14(13)18-3)8-15-9-12(16)10-17-2/h5-7,12,15-16H,4,8-10H2,1-3H3. The zero-order valence-electron chi connectivity index (χ0n) is 11.8. The van der Waals surface area contributed by atoms with Crippen LogP contribution in [0.1, 0.15) is 12.5 Å². The Morgan fingerprint density at radius 3 is 2.68 bits per heavy atom. The molecule has 108 valence electrons. The van der Waals surface area contributed by atoms with Crippen molar-refractivity contribution in [1.29, 1.82) is 0 Å². The molecule has 1 unspecified atom stereocenters. The van der Waals surface area contributed by atoms with Crippen LogP contribution in [0.3, 0.4) is 0 Å². The molecule has 0 saturated carbocycles. The SMILES string of the molecule is CCOc1ccc(CNCC(O)COC)cc1OC. The number of hydrogen-bond acceptors (Lipinski definition) is 5. The molecule has 1 atom stereocenters. The quantitative estimate of drug-likeness (QED) is 0.705. The van der Waals surface area contributed by atoms with Gasteiger partial charge in [0.2, 0.25) is 0 Å². The van der Waals surface area contributed by atoms with Crippen molar-refractivity contribution < 1.29 is 19.3 Å². The van der Waals surface area contributed by atoms with Gasteiger partial charge in [-0.25, -0.2) is 0 Å². The van der Waals surface area contributed by atoms with Crippen molar-refractivity contribution in [3.8, 4) is 11.5 Å². The Morgan fingerprint density at radius 2 is 2.05 bits per heavy atom. The summed E-state index contributed by atoms with van der Waals surface area (Å²) in [6.07, 6.45) is -0.491. The molecule has 0 saturated heterocycles. The lowest BCUT2D eigenvalue weighted by Crippen LogP contribution is -2.29. The van der Waals surface area contributed by atoms with Crippen molar-refractivity contribution >= 4 is 0 Å². The van der Waals surface area contributed by atoms with Gasteiger partial charge in [-0.2, -0.15) is 0 Å². The molecule has 0 aromatic heterocycles. The third-order valence-electron chi connectivity index (χ3n) is 2.60. The second-order valence-corrected chi connectivity index (χ2v) is 4.16. The van der Waals surface area contributed by atoms with E-state index in [1.165, 1.54) is 0 Å². The predicted molar refractivity (Wildman–Crippen MR) is 73.8 cm³/mol. The lowest BCUT2D eigenvalue weighted by molar-refractivity contribution is 0.0644. The molecule has 0 bridgehead atoms. The van der Waals surface area contributed by atoms with Crippen molar-refractivity contribution in [3.63, 3.8) is 0 Å². The maximum absolute atomic E-state index is 9.51. The molecule has 1 aromatic carbocycles. The Morgan fingerprint density at radius 1 is 1.26 bits per heavy atom. The van der Waals surface area contributed by atoms with Gasteiger partial charge in [-0.3, -0.25) is 0 Å². The summed E-state index contributed by atoms with van der Waals surface area (Å²) in [4.78, 5) is 0. The molecule has 0 aliphatic carbocycles. The fraction of sp³-hybridized carbons (Fsp3) is 0.571. The summed E-state index contributed by atoms with van der Waals surface area (Å²) in [6.45, 7) is 4.02. The topological polar surface area (TPSA) is 60.0 Å². The van der Waals surface area contributed by atoms with Crippen LogP contribution in [0.5, 0.6) is 11.5 Å². The highest BCUT2D eigenvalue weighted by atomic mass is 16.5. The van der Waals surface area contributed by atoms with Crippen LogP contribution in [0.4, 0.5) is 0 Å². The summed E-state index contributed by atoms with van der Waals surface area (Å²) in [7, 11) is 3.19. The number of aliphatic hydroxyl groups excluding tert-OH is 1. The molecule has 1 rings (SSSR count). The molecular formula is C14H23NO4. The van der Waals surface area contributed by atoms with E-state index < -0.39 is 6.10 Å². The Labute approximate surface area is 114 Å². The molecule has 19 heavy (non-hydrogen) atoms. The van der Waals surface area contributed by atoms with Crippen LogP contribution in [0, 0.1) is 0 Å². The van der Waals surface area contributed by atoms with E-state index in [2.05, 4.69) is 5.32 Å². The normalized spacial score (nSPS) is 12.2. The molecule has 0 spiro atoms. The molecule has 5 heteroatoms. The van der Waals surface area contributed by atoms with Crippen LogP contribution in [-0.2, 0) is 11.3 Å². The van der Waals surface area contributed by atoms with E-state index in [0.717, 1.165) is 17.1 Å². The van der Waals surface area contributed by atoms with E-state index in [1.54, 1.807) is 14.2 Å². The minimum atomic E-state index is -0.491. The van der Waals surface area contributed by atoms with Crippen molar-refractivity contribution in [1.82, 2.24) is 5.32 Å². The Bertz CT molecular complexity index is 370. The van der Waals surface area contributed by atoms with Gasteiger partial charge in [-0.05, 0) is 24.6 Å². The Balaban J connectivity index is 2.50. The van der Waals surface area contributed by atoms with Crippen LogP contribution in [0.25, 0.3) is 0 Å². The second-order valence-electron chi connectivity index (χ2n) is 4.16. The van der Waals surface area contributed by atoms with Gasteiger partial charge in [0, 0.05) is 20.2 Å². The molecule has 0 fully saturated rings. The van der Waals surface area contributed by atoms with Crippen LogP contribution >= 0.6 is 0 Å². The second kappa shape index (κ2) is 8.74. The smallest absolute Gasteiger partial charge is 0.161 e. The highest BCUT2D eigenvalue weighted by Crippen LogP contribution is 2.27. The van der Waals surface area contributed by atoms with E-state index in [9.17, 15) is 5.11 Å². The molecule has 2 N–H and O–H groups in total. The summed E-state index contributed by atoms with van der Waals surface area (Å²) in [5.41, 5.74) is 1.07. The monoisotopic (exact) mass is 269 g/mol. The first-order valence-electron chi connectivity index (χ1n) is 6.38. The van der Waals surface area contributed by atoms with Crippen molar-refractivity contribution in [2.24, 2.45) is 0 Å². The molecule has 0 aliphatic rings. The van der Waals surface area contributed by atoms with Crippen molar-refractivity contribution in [3.05, 3.63) is 23.8 Å². The molecule has 0 amide bonds. The molecule has 1 aromatic rings. The third-order valence-corrected chi connectivity index (χ3v) is 2.60. The van der Waals surface area contributed by atoms with Crippen LogP contribution in [0.15, 0.2) is 18.2 Å². The number of methoxy groups -OCH3 is 2. The molecular weight excluding hydrogens is 246 g/mol. The number of benzene rings is 1. The van der Waals surface area contributed by atoms with E-state index in [-0.39, 0.29) is 0 Å². The summed E-state index contributed by atoms with van der Waals surface area (Å²) in [5.74, 6) is 1.46. The summed E-state index contributed by atoms with van der Waals surface area (Å²) >= 11 is 0. The number of rotatable bonds is 9. The van der Waals surface area contributed by atoms with Crippen LogP contribution in [-0.4, -0.2) is 45.2 Å². The van der Waals surface area contributed by atoms with Crippen molar-refractivity contribution in [2.45, 2.75) is 19.6 Å². The van der Waals surface area contributed by atoms with Crippen LogP contribution < -0.4 is 14.8 Å². The van der Waals surface area contributed by atoms with E-state index >= 15 is 0 Å². The van der Waals surface area contributed by atoms with Gasteiger partial charge in [-0.15, -0.1) is 0 Å². The van der Waals surface area contributed by atoms with E-state index in [4.69, 9.17) is 14.2 Å². The van der Waals surface area contributed by atoms with Gasteiger partial charge in [0.25, 0.3) is 0 Å². The van der Waals surface area contributed by atoms with Crippen LogP contribution in [0.2, 0.25) is 0 Å². The van der Waals surface area contributed by atoms with Gasteiger partial charge in [-0.1, -0.05) is 6.07 Å². The fourth-order valence-corrected chi connectivity index (χ4v) is 1.73. The molecule has 5 nitrogen and oxygen atoms in total. The summed E-state index contributed by atoms with van der Waals surface area (Å²) in [6, 6.07) is 5.80. The third kappa shape index (κ3) is 5.46. The minimum absolute atomic E-state index is 0.333. The van der Waals surface area contributed by atoms with Gasteiger partial charge in [0.15, 0.2) is 11.5 Å². The Kier molecular flexibility index (Phi) is 7.25. The molecule has 0 radical (unpaired) electrons. The maximum Gasteiger partial charge on any atom is 0.161 e. The van der Waals surface area contributed by atoms with Gasteiger partial charge >= 0.3 is 0 Å². The average molecular weight is 269 g/mol. The average Bonchev–Trinajstić information content (AvgIpc) is 2.41. The highest BCUT2D eigenvalue weighted by molar-refractivity contribution is 5.42. The van der Waals surface area contributed by atoms with Crippen molar-refractivity contribution in [2.75, 3.05) is 34.0 Å². The summed E-state index contributed by atoms with van der Waals surface area (Å²) in [5, 5.41) is 12.7. The predicted octanol–water partition coefficient (Wildman–Crippen LogP) is 1.19. The van der Waals surface area contributed by atoms with Gasteiger partial charge in [0.1, 0.15) is 0 Å². The zero-order chi connectivity index (χ0) is 14.1. The van der Waals surface area contributed by atoms with E-state index in [1.807, 2.05) is 25.1 Å². The largest absolute Gasteiger partial charge is 0.493 e. The number of nitrogens with one attached hydrogen (secondary N) is 1. The van der Waals surface area contributed by atoms with Gasteiger partial charge < -0.3 is 24.6 Å². The first-order valence-corrected chi connectivity index (χ1v) is 6.38.